The van der Waals surface area contributed by atoms with Crippen molar-refractivity contribution in [1.29, 1.82) is 0 Å². The van der Waals surface area contributed by atoms with Crippen LogP contribution in [0.4, 0.5) is 5.69 Å². The summed E-state index contributed by atoms with van der Waals surface area (Å²) in [5.74, 6) is 0.574. The molecule has 0 radical (unpaired) electrons. The summed E-state index contributed by atoms with van der Waals surface area (Å²) in [4.78, 5) is 35.5. The molecule has 0 amide bonds. The van der Waals surface area contributed by atoms with Crippen molar-refractivity contribution in [2.75, 3.05) is 26.2 Å². The highest BCUT2D eigenvalue weighted by Crippen LogP contribution is 2.30. The van der Waals surface area contributed by atoms with Gasteiger partial charge < -0.3 is 9.30 Å². The van der Waals surface area contributed by atoms with Gasteiger partial charge in [0, 0.05) is 24.0 Å². The zero-order chi connectivity index (χ0) is 25.7. The minimum absolute atomic E-state index is 0.0890. The summed E-state index contributed by atoms with van der Waals surface area (Å²) in [5.41, 5.74) is 5.72. The lowest BCUT2D eigenvalue weighted by Gasteiger charge is -2.31. The monoisotopic (exact) mass is 486 g/mol. The Kier molecular flexibility index (Phi) is 8.17. The summed E-state index contributed by atoms with van der Waals surface area (Å²) in [7, 11) is 0. The van der Waals surface area contributed by atoms with E-state index in [4.69, 9.17) is 11.3 Å². The predicted octanol–water partition coefficient (Wildman–Crippen LogP) is 5.82. The molecule has 3 heterocycles. The Morgan fingerprint density at radius 1 is 1.17 bits per heavy atom. The van der Waals surface area contributed by atoms with Gasteiger partial charge in [0.1, 0.15) is 0 Å². The minimum Gasteiger partial charge on any atom is -0.466 e. The number of hydrogen-bond acceptors (Lipinski definition) is 5. The van der Waals surface area contributed by atoms with Crippen LogP contribution >= 0.6 is 0 Å². The Morgan fingerprint density at radius 2 is 1.89 bits per heavy atom. The molecule has 1 aliphatic rings. The van der Waals surface area contributed by atoms with Crippen LogP contribution in [0.1, 0.15) is 60.6 Å². The van der Waals surface area contributed by atoms with E-state index in [9.17, 15) is 9.59 Å². The van der Waals surface area contributed by atoms with Crippen molar-refractivity contribution < 1.29 is 14.3 Å². The first-order valence-electron chi connectivity index (χ1n) is 12.8. The van der Waals surface area contributed by atoms with Crippen molar-refractivity contribution in [2.24, 2.45) is 5.92 Å². The fourth-order valence-corrected chi connectivity index (χ4v) is 5.21. The quantitative estimate of drug-likeness (QED) is 0.217. The zero-order valence-electron chi connectivity index (χ0n) is 21.4. The van der Waals surface area contributed by atoms with Crippen LogP contribution in [-0.4, -0.2) is 52.4 Å². The standard InChI is InChI=1S/C29H34N4O3/c1-5-36-27(35)8-6-7-22-13-15-32(16-14-22)19-26(34)28-21(3)33(24-11-9-23(30-4)10-12-24)25-17-20(2)18-31-29(25)28/h9-12,17-18,22H,5-8,13-16,19H2,1-3H3. The van der Waals surface area contributed by atoms with Crippen LogP contribution in [0.2, 0.25) is 0 Å². The number of rotatable bonds is 9. The SMILES string of the molecule is [C-]#[N+]c1ccc(-n2c(C)c(C(=O)CN3CCC(CCCC(=O)OCC)CC3)c3ncc(C)cc32)cc1. The predicted molar refractivity (Wildman–Crippen MR) is 141 cm³/mol. The van der Waals surface area contributed by atoms with E-state index in [1.807, 2.05) is 39.1 Å². The molecule has 0 spiro atoms. The second-order valence-electron chi connectivity index (χ2n) is 9.64. The summed E-state index contributed by atoms with van der Waals surface area (Å²) in [5, 5.41) is 0. The molecule has 2 aromatic heterocycles. The number of aromatic nitrogens is 2. The van der Waals surface area contributed by atoms with Crippen LogP contribution < -0.4 is 0 Å². The van der Waals surface area contributed by atoms with E-state index in [1.165, 1.54) is 0 Å². The number of carbonyl (C=O) groups is 2. The number of likely N-dealkylation sites (tertiary alicyclic amines) is 1. The van der Waals surface area contributed by atoms with Gasteiger partial charge in [0.15, 0.2) is 11.5 Å². The molecule has 7 nitrogen and oxygen atoms in total. The number of hydrogen-bond donors (Lipinski definition) is 0. The van der Waals surface area contributed by atoms with Gasteiger partial charge in [-0.05, 0) is 89.2 Å². The first-order valence-corrected chi connectivity index (χ1v) is 12.8. The van der Waals surface area contributed by atoms with E-state index in [0.29, 0.717) is 36.7 Å². The highest BCUT2D eigenvalue weighted by atomic mass is 16.5. The lowest BCUT2D eigenvalue weighted by molar-refractivity contribution is -0.143. The number of Topliss-reactive ketones (excluding diaryl/α,β-unsaturated/α-hetero) is 1. The molecule has 0 saturated carbocycles. The smallest absolute Gasteiger partial charge is 0.305 e. The lowest BCUT2D eigenvalue weighted by atomic mass is 9.91. The maximum Gasteiger partial charge on any atom is 0.305 e. The van der Waals surface area contributed by atoms with E-state index in [0.717, 1.165) is 66.8 Å². The Hall–Kier alpha value is -3.50. The average molecular weight is 487 g/mol. The number of carbonyl (C=O) groups excluding carboxylic acids is 2. The molecule has 188 valence electrons. The Labute approximate surface area is 212 Å². The van der Waals surface area contributed by atoms with E-state index >= 15 is 0 Å². The number of benzene rings is 1. The van der Waals surface area contributed by atoms with Crippen molar-refractivity contribution in [3.63, 3.8) is 0 Å². The van der Waals surface area contributed by atoms with Crippen molar-refractivity contribution >= 4 is 28.5 Å². The molecule has 7 heteroatoms. The molecule has 1 fully saturated rings. The number of fused-ring (bicyclic) bond motifs is 1. The number of pyridine rings is 1. The number of aryl methyl sites for hydroxylation is 1. The molecule has 0 atom stereocenters. The molecule has 3 aromatic rings. The van der Waals surface area contributed by atoms with Crippen molar-refractivity contribution in [1.82, 2.24) is 14.5 Å². The van der Waals surface area contributed by atoms with Gasteiger partial charge in [-0.15, -0.1) is 0 Å². The number of ether oxygens (including phenoxy) is 1. The van der Waals surface area contributed by atoms with Gasteiger partial charge in [0.25, 0.3) is 0 Å². The molecule has 0 N–H and O–H groups in total. The van der Waals surface area contributed by atoms with Gasteiger partial charge in [0.2, 0.25) is 0 Å². The number of esters is 1. The molecule has 1 aliphatic heterocycles. The molecular formula is C29H34N4O3. The Balaban J connectivity index is 1.46. The van der Waals surface area contributed by atoms with Gasteiger partial charge in [-0.25, -0.2) is 4.85 Å². The average Bonchev–Trinajstić information content (AvgIpc) is 3.16. The normalized spacial score (nSPS) is 14.6. The first kappa shape index (κ1) is 25.6. The first-order chi connectivity index (χ1) is 17.4. The topological polar surface area (TPSA) is 68.8 Å². The fraction of sp³-hybridized carbons (Fsp3) is 0.448. The maximum atomic E-state index is 13.6. The summed E-state index contributed by atoms with van der Waals surface area (Å²) in [6.07, 6.45) is 6.28. The number of piperidine rings is 1. The molecule has 4 rings (SSSR count). The summed E-state index contributed by atoms with van der Waals surface area (Å²) < 4.78 is 7.09. The van der Waals surface area contributed by atoms with Crippen LogP contribution in [0.15, 0.2) is 36.5 Å². The summed E-state index contributed by atoms with van der Waals surface area (Å²) in [6, 6.07) is 9.51. The molecule has 36 heavy (non-hydrogen) atoms. The molecule has 0 aliphatic carbocycles. The molecule has 0 unspecified atom stereocenters. The second-order valence-corrected chi connectivity index (χ2v) is 9.64. The lowest BCUT2D eigenvalue weighted by Crippen LogP contribution is -2.37. The second kappa shape index (κ2) is 11.5. The number of ketones is 1. The van der Waals surface area contributed by atoms with Crippen LogP contribution in [0, 0.1) is 26.3 Å². The molecule has 1 saturated heterocycles. The minimum atomic E-state index is -0.110. The van der Waals surface area contributed by atoms with Crippen LogP contribution in [0.5, 0.6) is 0 Å². The third-order valence-electron chi connectivity index (χ3n) is 7.07. The highest BCUT2D eigenvalue weighted by molar-refractivity contribution is 6.09. The van der Waals surface area contributed by atoms with Crippen LogP contribution in [0.3, 0.4) is 0 Å². The van der Waals surface area contributed by atoms with E-state index in [2.05, 4.69) is 25.4 Å². The fourth-order valence-electron chi connectivity index (χ4n) is 5.21. The van der Waals surface area contributed by atoms with Crippen LogP contribution in [-0.2, 0) is 9.53 Å². The Bertz CT molecular complexity index is 1280. The largest absolute Gasteiger partial charge is 0.466 e. The van der Waals surface area contributed by atoms with Gasteiger partial charge in [-0.3, -0.25) is 19.5 Å². The molecule has 1 aromatic carbocycles. The summed E-state index contributed by atoms with van der Waals surface area (Å²) >= 11 is 0. The highest BCUT2D eigenvalue weighted by Gasteiger charge is 2.26. The van der Waals surface area contributed by atoms with Crippen molar-refractivity contribution in [3.8, 4) is 5.69 Å². The summed E-state index contributed by atoms with van der Waals surface area (Å²) in [6.45, 7) is 15.6. The van der Waals surface area contributed by atoms with Crippen LogP contribution in [0.25, 0.3) is 21.6 Å². The van der Waals surface area contributed by atoms with Gasteiger partial charge in [-0.1, -0.05) is 12.1 Å². The zero-order valence-corrected chi connectivity index (χ0v) is 21.4. The third kappa shape index (κ3) is 5.66. The molecular weight excluding hydrogens is 452 g/mol. The maximum absolute atomic E-state index is 13.6. The van der Waals surface area contributed by atoms with E-state index in [-0.39, 0.29) is 11.8 Å². The van der Waals surface area contributed by atoms with E-state index in [1.54, 1.807) is 12.1 Å². The van der Waals surface area contributed by atoms with Crippen molar-refractivity contribution in [3.05, 3.63) is 64.8 Å². The number of nitrogens with zero attached hydrogens (tertiary/aromatic N) is 4. The Morgan fingerprint density at radius 3 is 2.56 bits per heavy atom. The van der Waals surface area contributed by atoms with Gasteiger partial charge >= 0.3 is 5.97 Å². The van der Waals surface area contributed by atoms with Gasteiger partial charge in [0.05, 0.1) is 36.3 Å². The third-order valence-corrected chi connectivity index (χ3v) is 7.07. The van der Waals surface area contributed by atoms with E-state index < -0.39 is 0 Å². The van der Waals surface area contributed by atoms with Crippen molar-refractivity contribution in [2.45, 2.75) is 52.9 Å². The molecule has 0 bridgehead atoms. The van der Waals surface area contributed by atoms with Gasteiger partial charge in [-0.2, -0.15) is 0 Å².